The third-order valence-corrected chi connectivity index (χ3v) is 3.25. The summed E-state index contributed by atoms with van der Waals surface area (Å²) in [6.45, 7) is 1.91. The van der Waals surface area contributed by atoms with Crippen molar-refractivity contribution in [3.05, 3.63) is 71.3 Å². The maximum absolute atomic E-state index is 5.76. The standard InChI is InChI=1S/C16H18ClN/c17-12-15-6-8-16(9-7-15)13-18-11-10-14-4-2-1-3-5-14/h1-9,18H,10-13H2. The summed E-state index contributed by atoms with van der Waals surface area (Å²) in [7, 11) is 0. The molecule has 94 valence electrons. The first-order chi connectivity index (χ1) is 8.88. The van der Waals surface area contributed by atoms with Gasteiger partial charge in [-0.15, -0.1) is 11.6 Å². The number of rotatable bonds is 6. The van der Waals surface area contributed by atoms with Gasteiger partial charge in [-0.25, -0.2) is 0 Å². The molecular formula is C16H18ClN. The van der Waals surface area contributed by atoms with E-state index in [-0.39, 0.29) is 0 Å². The van der Waals surface area contributed by atoms with Crippen molar-refractivity contribution in [2.24, 2.45) is 0 Å². The Hall–Kier alpha value is -1.31. The quantitative estimate of drug-likeness (QED) is 0.615. The third kappa shape index (κ3) is 4.17. The molecule has 0 unspecified atom stereocenters. The Kier molecular flexibility index (Phi) is 5.25. The Morgan fingerprint density at radius 2 is 1.44 bits per heavy atom. The largest absolute Gasteiger partial charge is 0.312 e. The van der Waals surface area contributed by atoms with Gasteiger partial charge in [-0.05, 0) is 29.7 Å². The minimum Gasteiger partial charge on any atom is -0.312 e. The minimum atomic E-state index is 0.585. The summed E-state index contributed by atoms with van der Waals surface area (Å²) in [6.07, 6.45) is 1.07. The van der Waals surface area contributed by atoms with E-state index in [0.29, 0.717) is 5.88 Å². The van der Waals surface area contributed by atoms with E-state index in [1.807, 2.05) is 0 Å². The lowest BCUT2D eigenvalue weighted by Crippen LogP contribution is -2.16. The van der Waals surface area contributed by atoms with Gasteiger partial charge in [0.05, 0.1) is 0 Å². The van der Waals surface area contributed by atoms with Gasteiger partial charge in [-0.3, -0.25) is 0 Å². The number of nitrogens with one attached hydrogen (secondary N) is 1. The van der Waals surface area contributed by atoms with E-state index in [2.05, 4.69) is 59.9 Å². The van der Waals surface area contributed by atoms with Crippen molar-refractivity contribution in [3.63, 3.8) is 0 Å². The zero-order chi connectivity index (χ0) is 12.6. The highest BCUT2D eigenvalue weighted by Crippen LogP contribution is 2.06. The molecule has 2 aromatic carbocycles. The van der Waals surface area contributed by atoms with E-state index >= 15 is 0 Å². The lowest BCUT2D eigenvalue weighted by molar-refractivity contribution is 0.687. The molecule has 1 nitrogen and oxygen atoms in total. The second-order valence-electron chi connectivity index (χ2n) is 4.36. The number of halogens is 1. The summed E-state index contributed by atoms with van der Waals surface area (Å²) in [5.41, 5.74) is 3.85. The van der Waals surface area contributed by atoms with Gasteiger partial charge in [0.1, 0.15) is 0 Å². The molecule has 0 fully saturated rings. The summed E-state index contributed by atoms with van der Waals surface area (Å²) < 4.78 is 0. The molecule has 2 rings (SSSR count). The van der Waals surface area contributed by atoms with Crippen LogP contribution >= 0.6 is 11.6 Å². The smallest absolute Gasteiger partial charge is 0.0474 e. The lowest BCUT2D eigenvalue weighted by Gasteiger charge is -2.05. The lowest BCUT2D eigenvalue weighted by atomic mass is 10.1. The molecular weight excluding hydrogens is 242 g/mol. The Bertz CT molecular complexity index is 450. The second kappa shape index (κ2) is 7.20. The van der Waals surface area contributed by atoms with Gasteiger partial charge in [0.15, 0.2) is 0 Å². The van der Waals surface area contributed by atoms with Crippen molar-refractivity contribution in [2.75, 3.05) is 6.54 Å². The molecule has 0 bridgehead atoms. The maximum atomic E-state index is 5.76. The molecule has 18 heavy (non-hydrogen) atoms. The van der Waals surface area contributed by atoms with E-state index < -0.39 is 0 Å². The third-order valence-electron chi connectivity index (χ3n) is 2.94. The summed E-state index contributed by atoms with van der Waals surface area (Å²) in [4.78, 5) is 0. The molecule has 0 aromatic heterocycles. The normalized spacial score (nSPS) is 10.5. The fourth-order valence-corrected chi connectivity index (χ4v) is 2.03. The van der Waals surface area contributed by atoms with E-state index in [9.17, 15) is 0 Å². The maximum Gasteiger partial charge on any atom is 0.0474 e. The minimum absolute atomic E-state index is 0.585. The first kappa shape index (κ1) is 13.1. The van der Waals surface area contributed by atoms with Crippen LogP contribution in [0.15, 0.2) is 54.6 Å². The van der Waals surface area contributed by atoms with Crippen molar-refractivity contribution >= 4 is 11.6 Å². The van der Waals surface area contributed by atoms with Crippen LogP contribution in [0.2, 0.25) is 0 Å². The van der Waals surface area contributed by atoms with Crippen LogP contribution in [0.1, 0.15) is 16.7 Å². The molecule has 0 amide bonds. The highest BCUT2D eigenvalue weighted by Gasteiger charge is 1.95. The van der Waals surface area contributed by atoms with Crippen LogP contribution in [-0.4, -0.2) is 6.54 Å². The van der Waals surface area contributed by atoms with Crippen molar-refractivity contribution < 1.29 is 0 Å². The van der Waals surface area contributed by atoms with Crippen LogP contribution < -0.4 is 5.32 Å². The Balaban J connectivity index is 1.72. The second-order valence-corrected chi connectivity index (χ2v) is 4.63. The molecule has 0 atom stereocenters. The molecule has 0 saturated carbocycles. The van der Waals surface area contributed by atoms with Crippen molar-refractivity contribution in [1.82, 2.24) is 5.32 Å². The molecule has 0 aliphatic carbocycles. The van der Waals surface area contributed by atoms with Crippen molar-refractivity contribution in [1.29, 1.82) is 0 Å². The van der Waals surface area contributed by atoms with Crippen LogP contribution in [0.4, 0.5) is 0 Å². The SMILES string of the molecule is ClCc1ccc(CNCCc2ccccc2)cc1. The number of hydrogen-bond donors (Lipinski definition) is 1. The van der Waals surface area contributed by atoms with Crippen molar-refractivity contribution in [3.8, 4) is 0 Å². The molecule has 0 spiro atoms. The Morgan fingerprint density at radius 1 is 0.778 bits per heavy atom. The van der Waals surface area contributed by atoms with Crippen LogP contribution in [0.3, 0.4) is 0 Å². The van der Waals surface area contributed by atoms with Gasteiger partial charge in [-0.2, -0.15) is 0 Å². The van der Waals surface area contributed by atoms with Gasteiger partial charge in [-0.1, -0.05) is 54.6 Å². The van der Waals surface area contributed by atoms with Gasteiger partial charge >= 0.3 is 0 Å². The van der Waals surface area contributed by atoms with Crippen LogP contribution in [0.5, 0.6) is 0 Å². The molecule has 0 aliphatic rings. The van der Waals surface area contributed by atoms with E-state index in [4.69, 9.17) is 11.6 Å². The van der Waals surface area contributed by atoms with Crippen LogP contribution in [0, 0.1) is 0 Å². The first-order valence-corrected chi connectivity index (χ1v) is 6.80. The van der Waals surface area contributed by atoms with E-state index in [1.165, 1.54) is 16.7 Å². The topological polar surface area (TPSA) is 12.0 Å². The molecule has 0 saturated heterocycles. The highest BCUT2D eigenvalue weighted by molar-refractivity contribution is 6.17. The number of hydrogen-bond acceptors (Lipinski definition) is 1. The average molecular weight is 260 g/mol. The molecule has 2 aromatic rings. The predicted molar refractivity (Wildman–Crippen MR) is 77.9 cm³/mol. The summed E-state index contributed by atoms with van der Waals surface area (Å²) in [5, 5.41) is 3.45. The monoisotopic (exact) mass is 259 g/mol. The van der Waals surface area contributed by atoms with Gasteiger partial charge < -0.3 is 5.32 Å². The Morgan fingerprint density at radius 3 is 2.11 bits per heavy atom. The number of benzene rings is 2. The first-order valence-electron chi connectivity index (χ1n) is 6.27. The molecule has 0 heterocycles. The molecule has 0 radical (unpaired) electrons. The van der Waals surface area contributed by atoms with Crippen LogP contribution in [0.25, 0.3) is 0 Å². The average Bonchev–Trinajstić information content (AvgIpc) is 2.45. The zero-order valence-corrected chi connectivity index (χ0v) is 11.2. The Labute approximate surface area is 114 Å². The highest BCUT2D eigenvalue weighted by atomic mass is 35.5. The fourth-order valence-electron chi connectivity index (χ4n) is 1.86. The van der Waals surface area contributed by atoms with E-state index in [1.54, 1.807) is 0 Å². The van der Waals surface area contributed by atoms with Crippen molar-refractivity contribution in [2.45, 2.75) is 18.8 Å². The molecule has 0 aliphatic heterocycles. The van der Waals surface area contributed by atoms with Gasteiger partial charge in [0.25, 0.3) is 0 Å². The predicted octanol–water partition coefficient (Wildman–Crippen LogP) is 3.76. The summed E-state index contributed by atoms with van der Waals surface area (Å²) >= 11 is 5.76. The van der Waals surface area contributed by atoms with Crippen LogP contribution in [-0.2, 0) is 18.8 Å². The zero-order valence-electron chi connectivity index (χ0n) is 10.4. The van der Waals surface area contributed by atoms with Gasteiger partial charge in [0.2, 0.25) is 0 Å². The molecule has 1 N–H and O–H groups in total. The molecule has 2 heteroatoms. The fraction of sp³-hybridized carbons (Fsp3) is 0.250. The summed E-state index contributed by atoms with van der Waals surface area (Å²) in [5.74, 6) is 0.585. The van der Waals surface area contributed by atoms with Gasteiger partial charge in [0, 0.05) is 12.4 Å². The summed E-state index contributed by atoms with van der Waals surface area (Å²) in [6, 6.07) is 19.0. The van der Waals surface area contributed by atoms with E-state index in [0.717, 1.165) is 19.5 Å². The number of alkyl halides is 1.